The zero-order valence-electron chi connectivity index (χ0n) is 26.5. The van der Waals surface area contributed by atoms with Crippen LogP contribution in [0.15, 0.2) is 48.6 Å². The number of aryl methyl sites for hydroxylation is 1. The predicted molar refractivity (Wildman–Crippen MR) is 182 cm³/mol. The second-order valence-corrected chi connectivity index (χ2v) is 16.6. The Labute approximate surface area is 268 Å². The Hall–Kier alpha value is -2.48. The van der Waals surface area contributed by atoms with Crippen molar-refractivity contribution in [3.8, 4) is 5.75 Å². The number of amides is 1. The van der Waals surface area contributed by atoms with E-state index >= 15 is 0 Å². The molecule has 4 aliphatic rings. The molecule has 1 saturated carbocycles. The maximum Gasteiger partial charge on any atom is 0.262 e. The van der Waals surface area contributed by atoms with Crippen LogP contribution in [0.2, 0.25) is 5.02 Å². The molecule has 2 aromatic carbocycles. The van der Waals surface area contributed by atoms with Crippen molar-refractivity contribution in [2.75, 3.05) is 31.7 Å². The van der Waals surface area contributed by atoms with Gasteiger partial charge in [0.1, 0.15) is 5.75 Å². The maximum absolute atomic E-state index is 14.1. The minimum Gasteiger partial charge on any atom is -0.490 e. The Kier molecular flexibility index (Phi) is 8.86. The average Bonchev–Trinajstić information content (AvgIpc) is 3.10. The largest absolute Gasteiger partial charge is 0.490 e. The molecule has 8 heteroatoms. The summed E-state index contributed by atoms with van der Waals surface area (Å²) in [5.74, 6) is 5.53. The molecule has 2 aliphatic heterocycles. The highest BCUT2D eigenvalue weighted by atomic mass is 35.5. The summed E-state index contributed by atoms with van der Waals surface area (Å²) < 4.78 is 29.7. The van der Waals surface area contributed by atoms with Gasteiger partial charge in [0.25, 0.3) is 5.91 Å². The van der Waals surface area contributed by atoms with Crippen LogP contribution in [0.25, 0.3) is 0 Å². The van der Waals surface area contributed by atoms with Crippen LogP contribution >= 0.6 is 11.6 Å². The highest BCUT2D eigenvalue weighted by molar-refractivity contribution is 7.99. The first-order chi connectivity index (χ1) is 21.0. The number of nitrogens with one attached hydrogen (secondary N) is 1. The van der Waals surface area contributed by atoms with Gasteiger partial charge in [-0.3, -0.25) is 9.52 Å². The molecule has 1 N–H and O–H groups in total. The lowest BCUT2D eigenvalue weighted by molar-refractivity contribution is 0.0131. The highest BCUT2D eigenvalue weighted by Gasteiger charge is 2.44. The Morgan fingerprint density at radius 1 is 1.20 bits per heavy atom. The predicted octanol–water partition coefficient (Wildman–Crippen LogP) is 6.84. The number of carbonyl (C=O) groups is 1. The fraction of sp³-hybridized carbons (Fsp3) is 0.556. The molecule has 2 heterocycles. The van der Waals surface area contributed by atoms with Crippen LogP contribution in [0.3, 0.4) is 0 Å². The second-order valence-electron chi connectivity index (χ2n) is 14.0. The van der Waals surface area contributed by atoms with E-state index in [9.17, 15) is 9.00 Å². The third kappa shape index (κ3) is 5.92. The Morgan fingerprint density at radius 2 is 2.02 bits per heavy atom. The van der Waals surface area contributed by atoms with Gasteiger partial charge >= 0.3 is 0 Å². The number of benzene rings is 2. The van der Waals surface area contributed by atoms with Gasteiger partial charge in [-0.1, -0.05) is 50.6 Å². The molecule has 1 fully saturated rings. The molecular formula is C36H47ClN2O4S. The van der Waals surface area contributed by atoms with Gasteiger partial charge in [0.15, 0.2) is 0 Å². The molecule has 2 bridgehead atoms. The lowest BCUT2D eigenvalue weighted by atomic mass is 9.68. The van der Waals surface area contributed by atoms with Gasteiger partial charge in [-0.15, -0.1) is 0 Å². The molecular weight excluding hydrogens is 592 g/mol. The first-order valence-electron chi connectivity index (χ1n) is 16.2. The number of allylic oxidation sites excluding steroid dienone is 1. The summed E-state index contributed by atoms with van der Waals surface area (Å²) in [6.45, 7) is 8.42. The number of fused-ring (bicyclic) bond motifs is 4. The smallest absolute Gasteiger partial charge is 0.262 e. The molecule has 44 heavy (non-hydrogen) atoms. The molecule has 1 unspecified atom stereocenters. The van der Waals surface area contributed by atoms with Crippen LogP contribution < -0.4 is 14.4 Å². The summed E-state index contributed by atoms with van der Waals surface area (Å²) in [7, 11) is -1.14. The first-order valence-corrected chi connectivity index (χ1v) is 18.4. The van der Waals surface area contributed by atoms with Crippen LogP contribution in [0, 0.1) is 23.7 Å². The zero-order valence-corrected chi connectivity index (χ0v) is 28.1. The van der Waals surface area contributed by atoms with Crippen molar-refractivity contribution >= 4 is 38.8 Å². The second kappa shape index (κ2) is 12.4. The SMILES string of the molecule is C=S1(=O)NC(=O)c2ccc3c(c2)N(C[C@@H]2CC[C@H]2[C@@H](OC)/C=C/C[C@@H](C)[C@H]1C(C)C)C[C@@]1(CCCc2cc(Cl)ccc21)CO3. The van der Waals surface area contributed by atoms with E-state index in [4.69, 9.17) is 21.1 Å². The van der Waals surface area contributed by atoms with Crippen LogP contribution in [0.5, 0.6) is 5.75 Å². The average molecular weight is 639 g/mol. The van der Waals surface area contributed by atoms with E-state index in [2.05, 4.69) is 60.5 Å². The summed E-state index contributed by atoms with van der Waals surface area (Å²) in [4.78, 5) is 16.2. The topological polar surface area (TPSA) is 67.9 Å². The minimum absolute atomic E-state index is 0.0238. The van der Waals surface area contributed by atoms with Crippen LogP contribution in [0.1, 0.15) is 74.4 Å². The molecule has 2 aromatic rings. The van der Waals surface area contributed by atoms with Gasteiger partial charge in [-0.2, -0.15) is 0 Å². The standard InChI is InChI=1S/C36H47ClN2O4S/c1-23(2)34-24(3)8-6-10-32(42-4)29-14-11-27(29)20-39-21-36(17-7-9-25-18-28(37)13-15-30(25)36)22-43-33-16-12-26(19-31(33)39)35(40)38-44(34,5)41/h6,10,12-13,15-16,18-19,23-24,27,29,32,34H,5,7-9,11,14,17,20-22H2,1-4H3,(H,38,40,41)/b10-6+/t24-,27+,29-,32+,34-,36+,44?/m1/s1. The number of hydrogen-bond acceptors (Lipinski definition) is 5. The van der Waals surface area contributed by atoms with Crippen LogP contribution in [-0.4, -0.2) is 54.1 Å². The number of anilines is 1. The molecule has 0 radical (unpaired) electrons. The monoisotopic (exact) mass is 638 g/mol. The number of methoxy groups -OCH3 is 1. The third-order valence-corrected chi connectivity index (χ3v) is 13.3. The van der Waals surface area contributed by atoms with Crippen molar-refractivity contribution in [2.24, 2.45) is 23.7 Å². The highest BCUT2D eigenvalue weighted by Crippen LogP contribution is 2.47. The van der Waals surface area contributed by atoms with E-state index in [1.807, 2.05) is 25.3 Å². The Bertz CT molecular complexity index is 1540. The third-order valence-electron chi connectivity index (χ3n) is 10.7. The molecule has 2 aliphatic carbocycles. The summed E-state index contributed by atoms with van der Waals surface area (Å²) in [6.07, 6.45) is 10.5. The van der Waals surface area contributed by atoms with Crippen molar-refractivity contribution in [1.82, 2.24) is 4.72 Å². The number of rotatable bonds is 2. The molecule has 7 atom stereocenters. The van der Waals surface area contributed by atoms with E-state index in [1.54, 1.807) is 6.07 Å². The van der Waals surface area contributed by atoms with Crippen molar-refractivity contribution in [3.63, 3.8) is 0 Å². The van der Waals surface area contributed by atoms with Crippen molar-refractivity contribution < 1.29 is 18.5 Å². The molecule has 0 saturated heterocycles. The Morgan fingerprint density at radius 3 is 2.75 bits per heavy atom. The van der Waals surface area contributed by atoms with Crippen LogP contribution in [-0.2, 0) is 26.3 Å². The maximum atomic E-state index is 14.1. The van der Waals surface area contributed by atoms with E-state index in [0.29, 0.717) is 24.0 Å². The summed E-state index contributed by atoms with van der Waals surface area (Å²) >= 11 is 6.44. The number of halogens is 1. The fourth-order valence-corrected chi connectivity index (χ4v) is 11.0. The molecule has 1 spiro atoms. The number of ether oxygens (including phenoxy) is 2. The van der Waals surface area contributed by atoms with E-state index in [0.717, 1.165) is 68.1 Å². The number of nitrogens with zero attached hydrogens (tertiary/aromatic N) is 1. The van der Waals surface area contributed by atoms with Gasteiger partial charge in [-0.05, 0) is 110 Å². The van der Waals surface area contributed by atoms with Crippen molar-refractivity contribution in [2.45, 2.75) is 76.1 Å². The lowest BCUT2D eigenvalue weighted by Crippen LogP contribution is -2.49. The summed E-state index contributed by atoms with van der Waals surface area (Å²) in [6, 6.07) is 12.0. The van der Waals surface area contributed by atoms with Gasteiger partial charge in [0.05, 0.1) is 33.4 Å². The molecule has 238 valence electrons. The van der Waals surface area contributed by atoms with Gasteiger partial charge in [0.2, 0.25) is 0 Å². The van der Waals surface area contributed by atoms with E-state index in [1.165, 1.54) is 11.1 Å². The van der Waals surface area contributed by atoms with Crippen LogP contribution in [0.4, 0.5) is 5.69 Å². The van der Waals surface area contributed by atoms with Crippen molar-refractivity contribution in [1.29, 1.82) is 0 Å². The molecule has 0 aromatic heterocycles. The first kappa shape index (κ1) is 31.5. The molecule has 1 amide bonds. The molecule has 6 nitrogen and oxygen atoms in total. The van der Waals surface area contributed by atoms with Gasteiger partial charge in [-0.25, -0.2) is 4.21 Å². The number of hydrogen-bond donors (Lipinski definition) is 1. The normalized spacial score (nSPS) is 34.6. The summed E-state index contributed by atoms with van der Waals surface area (Å²) in [5, 5.41) is 0.494. The minimum atomic E-state index is -2.95. The quantitative estimate of drug-likeness (QED) is 0.288. The number of carbonyl (C=O) groups excluding carboxylic acids is 1. The Balaban J connectivity index is 1.44. The van der Waals surface area contributed by atoms with E-state index < -0.39 is 9.71 Å². The molecule has 6 rings (SSSR count). The van der Waals surface area contributed by atoms with Crippen molar-refractivity contribution in [3.05, 3.63) is 70.3 Å². The fourth-order valence-electron chi connectivity index (χ4n) is 8.51. The van der Waals surface area contributed by atoms with Gasteiger partial charge < -0.3 is 14.4 Å². The van der Waals surface area contributed by atoms with E-state index in [-0.39, 0.29) is 34.5 Å². The van der Waals surface area contributed by atoms with Gasteiger partial charge in [0, 0.05) is 36.2 Å². The lowest BCUT2D eigenvalue weighted by Gasteiger charge is -2.46. The summed E-state index contributed by atoms with van der Waals surface area (Å²) in [5.41, 5.74) is 3.82. The zero-order chi connectivity index (χ0) is 31.2.